The number of nitrogens with zero attached hydrogens (tertiary/aromatic N) is 1. The fourth-order valence-electron chi connectivity index (χ4n) is 5.23. The number of pyridine rings is 1. The third-order valence-electron chi connectivity index (χ3n) is 7.53. The smallest absolute Gasteiger partial charge is 0.254 e. The van der Waals surface area contributed by atoms with E-state index in [1.54, 1.807) is 26.2 Å². The van der Waals surface area contributed by atoms with E-state index in [1.165, 1.54) is 17.8 Å². The highest BCUT2D eigenvalue weighted by Crippen LogP contribution is 2.51. The van der Waals surface area contributed by atoms with E-state index < -0.39 is 23.8 Å². The molecular formula is C27H34ClN3O5S. The Balaban J connectivity index is 1.34. The van der Waals surface area contributed by atoms with Crippen LogP contribution in [-0.2, 0) is 11.2 Å². The summed E-state index contributed by atoms with van der Waals surface area (Å²) in [5, 5.41) is 2.60. The van der Waals surface area contributed by atoms with Crippen LogP contribution in [0.3, 0.4) is 0 Å². The van der Waals surface area contributed by atoms with Crippen LogP contribution in [-0.4, -0.2) is 60.2 Å². The van der Waals surface area contributed by atoms with Crippen LogP contribution < -0.4 is 20.3 Å². The van der Waals surface area contributed by atoms with Gasteiger partial charge in [0.25, 0.3) is 17.3 Å². The zero-order chi connectivity index (χ0) is 28.1. The Morgan fingerprint density at radius 2 is 1.97 bits per heavy atom. The molecule has 2 fully saturated rings. The van der Waals surface area contributed by atoms with Crippen molar-refractivity contribution in [1.29, 1.82) is 0 Å². The number of carbonyl (C=O) groups excluding carboxylic acids is 1. The van der Waals surface area contributed by atoms with E-state index in [0.29, 0.717) is 33.8 Å². The van der Waals surface area contributed by atoms with Crippen molar-refractivity contribution in [2.24, 2.45) is 5.92 Å². The number of aryl methyl sites for hydroxylation is 1. The van der Waals surface area contributed by atoms with Gasteiger partial charge in [-0.25, -0.2) is 0 Å². The molecule has 0 spiro atoms. The van der Waals surface area contributed by atoms with Crippen LogP contribution in [0, 0.1) is 19.8 Å². The van der Waals surface area contributed by atoms with E-state index in [1.807, 2.05) is 6.92 Å². The summed E-state index contributed by atoms with van der Waals surface area (Å²) in [6, 6.07) is 3.15. The van der Waals surface area contributed by atoms with Crippen LogP contribution in [0.15, 0.2) is 21.8 Å². The normalized spacial score (nSPS) is 24.8. The zero-order valence-electron chi connectivity index (χ0n) is 23.5. The lowest BCUT2D eigenvalue weighted by Gasteiger charge is -2.40. The zero-order valence-corrected chi connectivity index (χ0v) is 23.1. The molecule has 0 bridgehead atoms. The van der Waals surface area contributed by atoms with E-state index in [9.17, 15) is 9.59 Å². The van der Waals surface area contributed by atoms with E-state index >= 15 is 0 Å². The Morgan fingerprint density at radius 3 is 2.62 bits per heavy atom. The Labute approximate surface area is 229 Å². The number of likely N-dealkylation sites (tertiary alicyclic amines) is 1. The summed E-state index contributed by atoms with van der Waals surface area (Å²) in [5.41, 5.74) is 0.511. The Morgan fingerprint density at radius 1 is 1.27 bits per heavy atom. The minimum atomic E-state index is -2.43. The number of amides is 1. The van der Waals surface area contributed by atoms with Crippen molar-refractivity contribution >= 4 is 29.3 Å². The molecule has 0 saturated carbocycles. The van der Waals surface area contributed by atoms with Gasteiger partial charge in [0.1, 0.15) is 0 Å². The fraction of sp³-hybridized carbons (Fsp3) is 0.556. The topological polar surface area (TPSA) is 92.9 Å². The highest BCUT2D eigenvalue weighted by molar-refractivity contribution is 7.98. The maximum atomic E-state index is 13.4. The number of nitrogens with one attached hydrogen (secondary N) is 2. The number of rotatable bonds is 7. The molecule has 2 unspecified atom stereocenters. The van der Waals surface area contributed by atoms with Crippen LogP contribution in [0.2, 0.25) is 5.02 Å². The van der Waals surface area contributed by atoms with Gasteiger partial charge >= 0.3 is 0 Å². The Kier molecular flexibility index (Phi) is 6.79. The molecule has 2 aromatic rings. The lowest BCUT2D eigenvalue weighted by Crippen LogP contribution is -2.50. The molecule has 2 N–H and O–H groups in total. The largest absolute Gasteiger partial charge is 0.448 e. The van der Waals surface area contributed by atoms with E-state index in [-0.39, 0.29) is 22.1 Å². The Hall–Kier alpha value is -2.20. The number of fused-ring (bicyclic) bond motifs is 1. The van der Waals surface area contributed by atoms with Crippen LogP contribution in [0.4, 0.5) is 0 Å². The first kappa shape index (κ1) is 23.9. The summed E-state index contributed by atoms with van der Waals surface area (Å²) in [7, 11) is 0. The first-order valence-electron chi connectivity index (χ1n) is 13.6. The standard InChI is InChI=1S/C27H34ClN3O5S/c1-15-11-22(37-4)20(26(33)30-15)13-29-25(32)19-12-21(28)24-23(16(19)2)35-27(3,36-24)17-5-8-31(9-6-17)14-18-7-10-34-18/h11-12,17-18H,5-10,13-14H2,1-4H3,(H,29,32)(H,30,33)/i13D2. The number of halogens is 1. The van der Waals surface area contributed by atoms with Crippen molar-refractivity contribution in [2.75, 3.05) is 32.5 Å². The average molecular weight is 550 g/mol. The number of hydrogen-bond donors (Lipinski definition) is 2. The van der Waals surface area contributed by atoms with Crippen molar-refractivity contribution in [3.8, 4) is 11.5 Å². The van der Waals surface area contributed by atoms with Gasteiger partial charge in [-0.2, -0.15) is 0 Å². The summed E-state index contributed by atoms with van der Waals surface area (Å²) in [5.74, 6) is -0.733. The highest BCUT2D eigenvalue weighted by Gasteiger charge is 2.47. The number of piperidine rings is 1. The molecule has 3 aliphatic rings. The maximum absolute atomic E-state index is 13.4. The van der Waals surface area contributed by atoms with E-state index in [2.05, 4.69) is 15.2 Å². The molecule has 1 aromatic heterocycles. The van der Waals surface area contributed by atoms with Gasteiger partial charge in [0.05, 0.1) is 13.9 Å². The maximum Gasteiger partial charge on any atom is 0.254 e. The van der Waals surface area contributed by atoms with Gasteiger partial charge in [-0.05, 0) is 64.6 Å². The molecule has 37 heavy (non-hydrogen) atoms. The molecule has 200 valence electrons. The van der Waals surface area contributed by atoms with Gasteiger partial charge in [-0.3, -0.25) is 9.59 Å². The molecule has 1 aromatic carbocycles. The van der Waals surface area contributed by atoms with E-state index in [4.69, 9.17) is 28.6 Å². The highest BCUT2D eigenvalue weighted by atomic mass is 35.5. The first-order valence-corrected chi connectivity index (χ1v) is 14.2. The molecule has 1 amide bonds. The molecule has 3 aliphatic heterocycles. The van der Waals surface area contributed by atoms with Crippen molar-refractivity contribution in [3.05, 3.63) is 49.9 Å². The summed E-state index contributed by atoms with van der Waals surface area (Å²) in [6.07, 6.45) is 5.00. The van der Waals surface area contributed by atoms with Gasteiger partial charge in [0.15, 0.2) is 11.5 Å². The minimum Gasteiger partial charge on any atom is -0.448 e. The number of thioether (sulfide) groups is 1. The van der Waals surface area contributed by atoms with Crippen LogP contribution >= 0.6 is 23.4 Å². The van der Waals surface area contributed by atoms with Crippen LogP contribution in [0.25, 0.3) is 0 Å². The minimum absolute atomic E-state index is 0.128. The molecule has 2 saturated heterocycles. The monoisotopic (exact) mass is 549 g/mol. The summed E-state index contributed by atoms with van der Waals surface area (Å²) in [6.45, 7) is 6.58. The third-order valence-corrected chi connectivity index (χ3v) is 8.57. The molecule has 2 atom stereocenters. The Bertz CT molecular complexity index is 1340. The molecule has 10 heteroatoms. The van der Waals surface area contributed by atoms with Gasteiger partial charge in [-0.15, -0.1) is 11.8 Å². The number of aromatic amines is 1. The van der Waals surface area contributed by atoms with Crippen LogP contribution in [0.5, 0.6) is 11.5 Å². The lowest BCUT2D eigenvalue weighted by atomic mass is 9.89. The molecule has 8 nitrogen and oxygen atoms in total. The molecule has 4 heterocycles. The number of H-pyrrole nitrogens is 1. The number of hydrogen-bond acceptors (Lipinski definition) is 7. The number of ether oxygens (including phenoxy) is 3. The van der Waals surface area contributed by atoms with Crippen molar-refractivity contribution < 1.29 is 21.7 Å². The molecule has 5 rings (SSSR count). The van der Waals surface area contributed by atoms with Gasteiger partial charge in [0.2, 0.25) is 0 Å². The second kappa shape index (κ2) is 10.5. The van der Waals surface area contributed by atoms with Gasteiger partial charge in [0, 0.05) is 59.8 Å². The number of aromatic nitrogens is 1. The van der Waals surface area contributed by atoms with Gasteiger partial charge in [-0.1, -0.05) is 11.6 Å². The van der Waals surface area contributed by atoms with Crippen molar-refractivity contribution in [2.45, 2.75) is 63.3 Å². The second-order valence-corrected chi connectivity index (χ2v) is 11.3. The summed E-state index contributed by atoms with van der Waals surface area (Å²) >= 11 is 7.82. The fourth-order valence-corrected chi connectivity index (χ4v) is 6.10. The first-order chi connectivity index (χ1) is 18.4. The SMILES string of the molecule is [2H]C([2H])(NC(=O)c1cc(Cl)c2c(c1C)OC(C)(C1CCN(CC3CCO3)CC1)O2)c1c(SC)cc(C)[nH]c1=O. The van der Waals surface area contributed by atoms with Crippen LogP contribution in [0.1, 0.15) is 56.1 Å². The molecule has 0 aliphatic carbocycles. The second-order valence-electron chi connectivity index (χ2n) is 10.1. The number of benzene rings is 1. The average Bonchev–Trinajstić information content (AvgIpc) is 3.22. The lowest BCUT2D eigenvalue weighted by molar-refractivity contribution is -0.129. The molecular weight excluding hydrogens is 514 g/mol. The quantitative estimate of drug-likeness (QED) is 0.498. The molecule has 0 radical (unpaired) electrons. The third kappa shape index (κ3) is 5.24. The predicted octanol–water partition coefficient (Wildman–Crippen LogP) is 4.29. The summed E-state index contributed by atoms with van der Waals surface area (Å²) < 4.78 is 35.4. The number of carbonyl (C=O) groups is 1. The predicted molar refractivity (Wildman–Crippen MR) is 144 cm³/mol. The van der Waals surface area contributed by atoms with Crippen molar-refractivity contribution in [1.82, 2.24) is 15.2 Å². The van der Waals surface area contributed by atoms with Gasteiger partial charge < -0.3 is 29.4 Å². The summed E-state index contributed by atoms with van der Waals surface area (Å²) in [4.78, 5) is 31.5. The van der Waals surface area contributed by atoms with E-state index in [0.717, 1.165) is 45.5 Å². The van der Waals surface area contributed by atoms with Crippen molar-refractivity contribution in [3.63, 3.8) is 0 Å².